The topological polar surface area (TPSA) is 81.8 Å². The molecule has 2 aromatic heterocycles. The number of nitrogens with one attached hydrogen (secondary N) is 3. The highest BCUT2D eigenvalue weighted by atomic mass is 19.4. The van der Waals surface area contributed by atoms with Gasteiger partial charge in [0.1, 0.15) is 11.6 Å². The summed E-state index contributed by atoms with van der Waals surface area (Å²) in [5, 5.41) is 14.3. The standard InChI is InChI=1S/C23H24F3N7/c1-3-33(13-12-27-2)20-14-19(29-22-16-9-5-7-11-18(16)31-32-22)28-21(30-20)15-8-4-6-10-17(15)23(24,25)26/h4-11,14,27H,3,12-13H2,1-2H3,(H2,28,29,30,31,32). The number of likely N-dealkylation sites (N-methyl/N-ethyl adjacent to an activating group) is 2. The Labute approximate surface area is 189 Å². The van der Waals surface area contributed by atoms with E-state index in [2.05, 4.69) is 30.8 Å². The van der Waals surface area contributed by atoms with Gasteiger partial charge in [0.15, 0.2) is 11.6 Å². The highest BCUT2D eigenvalue weighted by Gasteiger charge is 2.34. The van der Waals surface area contributed by atoms with Gasteiger partial charge in [0.2, 0.25) is 0 Å². The molecule has 0 amide bonds. The Balaban J connectivity index is 1.82. The molecule has 0 fully saturated rings. The lowest BCUT2D eigenvalue weighted by Gasteiger charge is -2.23. The van der Waals surface area contributed by atoms with Crippen LogP contribution in [-0.4, -0.2) is 46.8 Å². The Morgan fingerprint density at radius 3 is 2.55 bits per heavy atom. The lowest BCUT2D eigenvalue weighted by Crippen LogP contribution is -2.31. The summed E-state index contributed by atoms with van der Waals surface area (Å²) in [5.41, 5.74) is -0.0239. The molecule has 3 N–H and O–H groups in total. The fourth-order valence-corrected chi connectivity index (χ4v) is 3.57. The number of hydrogen-bond donors (Lipinski definition) is 3. The molecule has 0 bridgehead atoms. The van der Waals surface area contributed by atoms with Crippen molar-refractivity contribution in [1.82, 2.24) is 25.5 Å². The summed E-state index contributed by atoms with van der Waals surface area (Å²) < 4.78 is 41.1. The van der Waals surface area contributed by atoms with Crippen LogP contribution in [0.25, 0.3) is 22.3 Å². The molecule has 10 heteroatoms. The third-order valence-electron chi connectivity index (χ3n) is 5.24. The first-order chi connectivity index (χ1) is 15.9. The van der Waals surface area contributed by atoms with E-state index in [-0.39, 0.29) is 11.4 Å². The largest absolute Gasteiger partial charge is 0.417 e. The third-order valence-corrected chi connectivity index (χ3v) is 5.24. The zero-order chi connectivity index (χ0) is 23.4. The SMILES string of the molecule is CCN(CCNC)c1cc(Nc2n[nH]c3ccccc23)nc(-c2ccccc2C(F)(F)F)n1. The van der Waals surface area contributed by atoms with Crippen LogP contribution in [0.1, 0.15) is 12.5 Å². The molecule has 4 rings (SSSR count). The molecule has 0 aliphatic heterocycles. The molecule has 0 aliphatic rings. The molecule has 0 saturated heterocycles. The predicted octanol–water partition coefficient (Wildman–Crippen LogP) is 4.83. The normalized spacial score (nSPS) is 11.7. The average molecular weight is 455 g/mol. The minimum atomic E-state index is -4.53. The van der Waals surface area contributed by atoms with Crippen LogP contribution >= 0.6 is 0 Å². The zero-order valence-electron chi connectivity index (χ0n) is 18.2. The summed E-state index contributed by atoms with van der Waals surface area (Å²) in [6.45, 7) is 3.92. The van der Waals surface area contributed by atoms with Gasteiger partial charge in [-0.2, -0.15) is 18.3 Å². The van der Waals surface area contributed by atoms with Crippen molar-refractivity contribution in [3.63, 3.8) is 0 Å². The molecule has 0 saturated carbocycles. The molecule has 4 aromatic rings. The third kappa shape index (κ3) is 4.90. The fourth-order valence-electron chi connectivity index (χ4n) is 3.57. The summed E-state index contributed by atoms with van der Waals surface area (Å²) in [6, 6.07) is 14.6. The van der Waals surface area contributed by atoms with Crippen LogP contribution in [0.3, 0.4) is 0 Å². The lowest BCUT2D eigenvalue weighted by molar-refractivity contribution is -0.137. The maximum atomic E-state index is 13.7. The number of halogens is 3. The summed E-state index contributed by atoms with van der Waals surface area (Å²) in [4.78, 5) is 10.9. The van der Waals surface area contributed by atoms with Gasteiger partial charge in [-0.05, 0) is 32.2 Å². The number of alkyl halides is 3. The van der Waals surface area contributed by atoms with Crippen molar-refractivity contribution < 1.29 is 13.2 Å². The van der Waals surface area contributed by atoms with Crippen molar-refractivity contribution in [3.05, 3.63) is 60.2 Å². The molecule has 0 spiro atoms. The Morgan fingerprint density at radius 2 is 1.79 bits per heavy atom. The monoisotopic (exact) mass is 455 g/mol. The first-order valence-electron chi connectivity index (χ1n) is 10.6. The van der Waals surface area contributed by atoms with Gasteiger partial charge in [-0.1, -0.05) is 30.3 Å². The molecular formula is C23H24F3N7. The van der Waals surface area contributed by atoms with E-state index in [1.165, 1.54) is 12.1 Å². The molecule has 0 atom stereocenters. The van der Waals surface area contributed by atoms with E-state index in [1.54, 1.807) is 12.1 Å². The molecule has 0 radical (unpaired) electrons. The molecular weight excluding hydrogens is 431 g/mol. The summed E-state index contributed by atoms with van der Waals surface area (Å²) in [7, 11) is 1.84. The molecule has 33 heavy (non-hydrogen) atoms. The van der Waals surface area contributed by atoms with Gasteiger partial charge in [0, 0.05) is 36.7 Å². The van der Waals surface area contributed by atoms with Crippen molar-refractivity contribution >= 4 is 28.4 Å². The van der Waals surface area contributed by atoms with E-state index < -0.39 is 11.7 Å². The van der Waals surface area contributed by atoms with Gasteiger partial charge < -0.3 is 15.5 Å². The van der Waals surface area contributed by atoms with E-state index in [9.17, 15) is 13.2 Å². The summed E-state index contributed by atoms with van der Waals surface area (Å²) in [5.74, 6) is 1.40. The first kappa shape index (κ1) is 22.5. The second-order valence-corrected chi connectivity index (χ2v) is 7.40. The zero-order valence-corrected chi connectivity index (χ0v) is 18.2. The lowest BCUT2D eigenvalue weighted by atomic mass is 10.1. The number of rotatable bonds is 8. The second kappa shape index (κ2) is 9.45. The van der Waals surface area contributed by atoms with Crippen LogP contribution in [-0.2, 0) is 6.18 Å². The summed E-state index contributed by atoms with van der Waals surface area (Å²) >= 11 is 0. The van der Waals surface area contributed by atoms with Crippen LogP contribution in [0, 0.1) is 0 Å². The van der Waals surface area contributed by atoms with Crippen molar-refractivity contribution in [2.24, 2.45) is 0 Å². The number of fused-ring (bicyclic) bond motifs is 1. The van der Waals surface area contributed by atoms with E-state index in [1.807, 2.05) is 43.1 Å². The van der Waals surface area contributed by atoms with Crippen LogP contribution in [0.2, 0.25) is 0 Å². The van der Waals surface area contributed by atoms with Crippen molar-refractivity contribution in [3.8, 4) is 11.4 Å². The van der Waals surface area contributed by atoms with E-state index >= 15 is 0 Å². The van der Waals surface area contributed by atoms with Gasteiger partial charge in [-0.3, -0.25) is 5.10 Å². The number of H-pyrrole nitrogens is 1. The summed E-state index contributed by atoms with van der Waals surface area (Å²) in [6.07, 6.45) is -4.53. The number of aromatic amines is 1. The van der Waals surface area contributed by atoms with Crippen LogP contribution < -0.4 is 15.5 Å². The van der Waals surface area contributed by atoms with E-state index in [4.69, 9.17) is 0 Å². The number of anilines is 3. The smallest absolute Gasteiger partial charge is 0.355 e. The fraction of sp³-hybridized carbons (Fsp3) is 0.261. The molecule has 172 valence electrons. The Morgan fingerprint density at radius 1 is 1.03 bits per heavy atom. The van der Waals surface area contributed by atoms with Crippen molar-refractivity contribution in [2.75, 3.05) is 36.9 Å². The molecule has 0 unspecified atom stereocenters. The molecule has 0 aliphatic carbocycles. The Bertz CT molecular complexity index is 1240. The van der Waals surface area contributed by atoms with Crippen LogP contribution in [0.5, 0.6) is 0 Å². The van der Waals surface area contributed by atoms with Gasteiger partial charge in [0.05, 0.1) is 11.1 Å². The minimum Gasteiger partial charge on any atom is -0.355 e. The number of nitrogens with zero attached hydrogens (tertiary/aromatic N) is 4. The van der Waals surface area contributed by atoms with E-state index in [0.29, 0.717) is 37.1 Å². The molecule has 2 heterocycles. The highest BCUT2D eigenvalue weighted by molar-refractivity contribution is 5.91. The first-order valence-corrected chi connectivity index (χ1v) is 10.6. The number of benzene rings is 2. The maximum absolute atomic E-state index is 13.7. The van der Waals surface area contributed by atoms with Crippen molar-refractivity contribution in [1.29, 1.82) is 0 Å². The predicted molar refractivity (Wildman–Crippen MR) is 124 cm³/mol. The van der Waals surface area contributed by atoms with Crippen LogP contribution in [0.15, 0.2) is 54.6 Å². The van der Waals surface area contributed by atoms with Gasteiger partial charge in [0.25, 0.3) is 0 Å². The van der Waals surface area contributed by atoms with Gasteiger partial charge in [-0.25, -0.2) is 9.97 Å². The number of hydrogen-bond acceptors (Lipinski definition) is 6. The second-order valence-electron chi connectivity index (χ2n) is 7.40. The maximum Gasteiger partial charge on any atom is 0.417 e. The average Bonchev–Trinajstić information content (AvgIpc) is 3.22. The molecule has 2 aromatic carbocycles. The number of para-hydroxylation sites is 1. The van der Waals surface area contributed by atoms with Gasteiger partial charge >= 0.3 is 6.18 Å². The van der Waals surface area contributed by atoms with Crippen LogP contribution in [0.4, 0.5) is 30.6 Å². The van der Waals surface area contributed by atoms with Gasteiger partial charge in [-0.15, -0.1) is 0 Å². The minimum absolute atomic E-state index is 0.00864. The molecule has 7 nitrogen and oxygen atoms in total. The highest BCUT2D eigenvalue weighted by Crippen LogP contribution is 2.37. The quantitative estimate of drug-likeness (QED) is 0.353. The Kier molecular flexibility index (Phi) is 6.45. The van der Waals surface area contributed by atoms with E-state index in [0.717, 1.165) is 17.0 Å². The number of aromatic nitrogens is 4. The Hall–Kier alpha value is -3.66. The van der Waals surface area contributed by atoms with Crippen molar-refractivity contribution in [2.45, 2.75) is 13.1 Å².